The van der Waals surface area contributed by atoms with Crippen molar-refractivity contribution in [2.75, 3.05) is 10.8 Å². The number of hydrogen-bond donors (Lipinski definition) is 1. The molecule has 3 aromatic carbocycles. The molecule has 41 heavy (non-hydrogen) atoms. The molecule has 0 aliphatic carbocycles. The number of anilines is 1. The number of amides is 2. The van der Waals surface area contributed by atoms with Crippen LogP contribution in [0.1, 0.15) is 38.8 Å². The molecule has 0 fully saturated rings. The van der Waals surface area contributed by atoms with E-state index in [2.05, 4.69) is 5.32 Å². The molecule has 3 rings (SSSR count). The first-order valence-corrected chi connectivity index (χ1v) is 15.6. The van der Waals surface area contributed by atoms with E-state index in [4.69, 9.17) is 46.4 Å². The van der Waals surface area contributed by atoms with E-state index in [1.165, 1.54) is 35.2 Å². The number of nitrogens with zero attached hydrogens (tertiary/aromatic N) is 2. The van der Waals surface area contributed by atoms with Crippen molar-refractivity contribution in [3.63, 3.8) is 0 Å². The molecule has 0 saturated heterocycles. The average molecular weight is 659 g/mol. The maximum atomic E-state index is 14.0. The van der Waals surface area contributed by atoms with Gasteiger partial charge in [-0.25, -0.2) is 8.42 Å². The van der Waals surface area contributed by atoms with Gasteiger partial charge in [-0.1, -0.05) is 70.2 Å². The normalized spacial score (nSPS) is 12.5. The van der Waals surface area contributed by atoms with Crippen LogP contribution >= 0.6 is 46.4 Å². The van der Waals surface area contributed by atoms with Gasteiger partial charge in [0.2, 0.25) is 11.8 Å². The molecule has 1 N–H and O–H groups in total. The molecular weight excluding hydrogens is 628 g/mol. The van der Waals surface area contributed by atoms with Crippen LogP contribution in [0, 0.1) is 6.92 Å². The molecule has 0 bridgehead atoms. The van der Waals surface area contributed by atoms with Crippen LogP contribution in [0.25, 0.3) is 0 Å². The van der Waals surface area contributed by atoms with Crippen molar-refractivity contribution in [3.8, 4) is 0 Å². The molecule has 0 heterocycles. The second kappa shape index (κ2) is 13.2. The van der Waals surface area contributed by atoms with Gasteiger partial charge in [0.25, 0.3) is 10.0 Å². The van der Waals surface area contributed by atoms with Gasteiger partial charge in [-0.2, -0.15) is 0 Å². The Morgan fingerprint density at radius 1 is 0.878 bits per heavy atom. The lowest BCUT2D eigenvalue weighted by Gasteiger charge is -2.34. The minimum atomic E-state index is -4.26. The minimum absolute atomic E-state index is 0.0267. The topological polar surface area (TPSA) is 86.8 Å². The molecule has 0 radical (unpaired) electrons. The van der Waals surface area contributed by atoms with Gasteiger partial charge in [0.05, 0.1) is 20.6 Å². The van der Waals surface area contributed by atoms with E-state index in [1.54, 1.807) is 37.3 Å². The van der Waals surface area contributed by atoms with Gasteiger partial charge in [0, 0.05) is 27.7 Å². The van der Waals surface area contributed by atoms with Crippen LogP contribution in [0.5, 0.6) is 0 Å². The number of aryl methyl sites for hydroxylation is 1. The number of halogens is 4. The number of sulfonamides is 1. The fourth-order valence-corrected chi connectivity index (χ4v) is 6.13. The predicted molar refractivity (Wildman–Crippen MR) is 167 cm³/mol. The maximum absolute atomic E-state index is 14.0. The lowest BCUT2D eigenvalue weighted by molar-refractivity contribution is -0.140. The maximum Gasteiger partial charge on any atom is 0.264 e. The molecule has 12 heteroatoms. The Labute approximate surface area is 261 Å². The zero-order valence-electron chi connectivity index (χ0n) is 23.2. The smallest absolute Gasteiger partial charge is 0.264 e. The van der Waals surface area contributed by atoms with Crippen LogP contribution < -0.4 is 9.62 Å². The van der Waals surface area contributed by atoms with Crippen molar-refractivity contribution in [1.82, 2.24) is 10.2 Å². The fourth-order valence-electron chi connectivity index (χ4n) is 3.92. The third-order valence-electron chi connectivity index (χ3n) is 6.13. The van der Waals surface area contributed by atoms with Gasteiger partial charge in [0.1, 0.15) is 12.6 Å². The molecule has 0 saturated carbocycles. The Bertz CT molecular complexity index is 1520. The summed E-state index contributed by atoms with van der Waals surface area (Å²) in [4.78, 5) is 28.5. The van der Waals surface area contributed by atoms with Crippen molar-refractivity contribution < 1.29 is 18.0 Å². The quantitative estimate of drug-likeness (QED) is 0.265. The molecule has 0 aromatic heterocycles. The first-order chi connectivity index (χ1) is 19.0. The summed E-state index contributed by atoms with van der Waals surface area (Å²) < 4.78 is 28.8. The lowest BCUT2D eigenvalue weighted by atomic mass is 10.1. The second-order valence-corrected chi connectivity index (χ2v) is 14.1. The summed E-state index contributed by atoms with van der Waals surface area (Å²) in [6.07, 6.45) is 0. The number of carbonyl (C=O) groups is 2. The highest BCUT2D eigenvalue weighted by molar-refractivity contribution is 7.92. The van der Waals surface area contributed by atoms with E-state index in [0.717, 1.165) is 9.87 Å². The lowest BCUT2D eigenvalue weighted by Crippen LogP contribution is -2.54. The van der Waals surface area contributed by atoms with E-state index >= 15 is 0 Å². The molecule has 7 nitrogen and oxygen atoms in total. The van der Waals surface area contributed by atoms with Gasteiger partial charge in [0.15, 0.2) is 0 Å². The average Bonchev–Trinajstić information content (AvgIpc) is 2.87. The summed E-state index contributed by atoms with van der Waals surface area (Å²) in [7, 11) is -4.26. The summed E-state index contributed by atoms with van der Waals surface area (Å²) >= 11 is 25.2. The van der Waals surface area contributed by atoms with Crippen LogP contribution in [-0.4, -0.2) is 43.3 Å². The van der Waals surface area contributed by atoms with E-state index in [-0.39, 0.29) is 27.2 Å². The van der Waals surface area contributed by atoms with Crippen LogP contribution in [0.4, 0.5) is 5.69 Å². The summed E-state index contributed by atoms with van der Waals surface area (Å²) in [6.45, 7) is 8.04. The Morgan fingerprint density at radius 2 is 1.46 bits per heavy atom. The number of carbonyl (C=O) groups excluding carboxylic acids is 2. The summed E-state index contributed by atoms with van der Waals surface area (Å²) in [6, 6.07) is 14.4. The van der Waals surface area contributed by atoms with Crippen molar-refractivity contribution in [2.45, 2.75) is 57.6 Å². The van der Waals surface area contributed by atoms with E-state index in [9.17, 15) is 18.0 Å². The largest absolute Gasteiger partial charge is 0.350 e. The van der Waals surface area contributed by atoms with E-state index in [1.807, 2.05) is 27.7 Å². The van der Waals surface area contributed by atoms with Crippen LogP contribution in [0.3, 0.4) is 0 Å². The molecule has 0 aliphatic heterocycles. The molecule has 2 amide bonds. The summed E-state index contributed by atoms with van der Waals surface area (Å²) in [5, 5.41) is 3.79. The van der Waals surface area contributed by atoms with Crippen molar-refractivity contribution in [2.24, 2.45) is 0 Å². The van der Waals surface area contributed by atoms with Crippen LogP contribution in [0.2, 0.25) is 20.1 Å². The third kappa shape index (κ3) is 8.30. The summed E-state index contributed by atoms with van der Waals surface area (Å²) in [5.74, 6) is -1.10. The first kappa shape index (κ1) is 33.0. The Balaban J connectivity index is 2.10. The van der Waals surface area contributed by atoms with Gasteiger partial charge in [-0.3, -0.25) is 13.9 Å². The zero-order chi connectivity index (χ0) is 30.7. The Morgan fingerprint density at radius 3 is 2.00 bits per heavy atom. The van der Waals surface area contributed by atoms with Crippen LogP contribution in [0.15, 0.2) is 65.6 Å². The fraction of sp³-hybridized carbons (Fsp3) is 0.310. The minimum Gasteiger partial charge on any atom is -0.350 e. The first-order valence-electron chi connectivity index (χ1n) is 12.6. The van der Waals surface area contributed by atoms with E-state index < -0.39 is 40.0 Å². The molecule has 3 aromatic rings. The van der Waals surface area contributed by atoms with Gasteiger partial charge >= 0.3 is 0 Å². The summed E-state index contributed by atoms with van der Waals surface area (Å²) in [5.41, 5.74) is 0.823. The highest BCUT2D eigenvalue weighted by Gasteiger charge is 2.34. The number of nitrogens with one attached hydrogen (secondary N) is 1. The van der Waals surface area contributed by atoms with Crippen molar-refractivity contribution >= 4 is 73.9 Å². The predicted octanol–water partition coefficient (Wildman–Crippen LogP) is 7.14. The van der Waals surface area contributed by atoms with Gasteiger partial charge in [-0.15, -0.1) is 0 Å². The zero-order valence-corrected chi connectivity index (χ0v) is 27.1. The molecular formula is C29H31Cl4N3O4S. The van der Waals surface area contributed by atoms with Crippen LogP contribution in [-0.2, 0) is 26.2 Å². The molecule has 220 valence electrons. The van der Waals surface area contributed by atoms with Gasteiger partial charge < -0.3 is 10.2 Å². The Hall–Kier alpha value is -2.49. The SMILES string of the molecule is Cc1ccc(S(=O)(=O)N(CC(=O)N(Cc2c(Cl)cccc2Cl)C(C)C(=O)NC(C)(C)C)c2ccc(Cl)c(Cl)c2)cc1. The standard InChI is InChI=1S/C29H31Cl4N3O4S/c1-18-9-12-21(13-10-18)41(39,40)36(20-11-14-25(32)26(33)15-20)17-27(37)35(19(2)28(38)34-29(3,4)5)16-22-23(30)7-6-8-24(22)31/h6-15,19H,16-17H2,1-5H3,(H,34,38). The van der Waals surface area contributed by atoms with Gasteiger partial charge in [-0.05, 0) is 77.1 Å². The molecule has 1 unspecified atom stereocenters. The molecule has 1 atom stereocenters. The molecule has 0 aliphatic rings. The Kier molecular flexibility index (Phi) is 10.6. The number of benzene rings is 3. The van der Waals surface area contributed by atoms with Crippen molar-refractivity contribution in [1.29, 1.82) is 0 Å². The highest BCUT2D eigenvalue weighted by atomic mass is 35.5. The second-order valence-electron chi connectivity index (χ2n) is 10.6. The van der Waals surface area contributed by atoms with Crippen molar-refractivity contribution in [3.05, 3.63) is 91.9 Å². The van der Waals surface area contributed by atoms with E-state index in [0.29, 0.717) is 15.6 Å². The number of hydrogen-bond acceptors (Lipinski definition) is 4. The highest BCUT2D eigenvalue weighted by Crippen LogP contribution is 2.32. The third-order valence-corrected chi connectivity index (χ3v) is 9.37. The molecule has 0 spiro atoms. The number of rotatable bonds is 9. The monoisotopic (exact) mass is 657 g/mol.